The van der Waals surface area contributed by atoms with Crippen molar-refractivity contribution >= 4 is 0 Å². The van der Waals surface area contributed by atoms with Gasteiger partial charge in [0, 0.05) is 5.56 Å². The molecule has 1 heterocycles. The lowest BCUT2D eigenvalue weighted by Crippen LogP contribution is -1.88. The van der Waals surface area contributed by atoms with Gasteiger partial charge in [0.25, 0.3) is 0 Å². The minimum Gasteiger partial charge on any atom is -0.177 e. The second-order valence-corrected chi connectivity index (χ2v) is 4.08. The Labute approximate surface area is 87.7 Å². The van der Waals surface area contributed by atoms with Gasteiger partial charge in [0.2, 0.25) is 5.82 Å². The third-order valence-corrected chi connectivity index (χ3v) is 2.75. The summed E-state index contributed by atoms with van der Waals surface area (Å²) >= 11 is 0. The second kappa shape index (κ2) is 3.46. The molecule has 3 rings (SSSR count). The van der Waals surface area contributed by atoms with Crippen LogP contribution >= 0.6 is 0 Å². The molecule has 0 spiro atoms. The fourth-order valence-corrected chi connectivity index (χ4v) is 1.78. The van der Waals surface area contributed by atoms with Crippen molar-refractivity contribution in [1.82, 2.24) is 20.6 Å². The molecule has 4 heteroatoms. The fourth-order valence-electron chi connectivity index (χ4n) is 1.78. The van der Waals surface area contributed by atoms with Crippen LogP contribution in [0.15, 0.2) is 24.3 Å². The van der Waals surface area contributed by atoms with Crippen LogP contribution in [0.4, 0.5) is 0 Å². The normalized spacial score (nSPS) is 15.5. The SMILES string of the molecule is c1cc(CC2CC2)cc(-c2nn[nH]n2)c1. The number of hydrogen-bond donors (Lipinski definition) is 1. The predicted octanol–water partition coefficient (Wildman–Crippen LogP) is 1.82. The van der Waals surface area contributed by atoms with E-state index in [1.807, 2.05) is 6.07 Å². The number of nitrogens with one attached hydrogen (secondary N) is 1. The van der Waals surface area contributed by atoms with E-state index in [1.165, 1.54) is 24.8 Å². The van der Waals surface area contributed by atoms with Gasteiger partial charge in [-0.15, -0.1) is 10.2 Å². The number of benzene rings is 1. The van der Waals surface area contributed by atoms with Crippen molar-refractivity contribution in [1.29, 1.82) is 0 Å². The van der Waals surface area contributed by atoms with Gasteiger partial charge in [-0.3, -0.25) is 0 Å². The predicted molar refractivity (Wildman–Crippen MR) is 56.0 cm³/mol. The van der Waals surface area contributed by atoms with Gasteiger partial charge >= 0.3 is 0 Å². The van der Waals surface area contributed by atoms with E-state index < -0.39 is 0 Å². The maximum absolute atomic E-state index is 3.98. The Bertz CT molecular complexity index is 445. The fraction of sp³-hybridized carbons (Fsp3) is 0.364. The van der Waals surface area contributed by atoms with Gasteiger partial charge in [0.15, 0.2) is 0 Å². The van der Waals surface area contributed by atoms with Crippen molar-refractivity contribution in [3.05, 3.63) is 29.8 Å². The van der Waals surface area contributed by atoms with Crippen molar-refractivity contribution in [3.8, 4) is 11.4 Å². The highest BCUT2D eigenvalue weighted by Gasteiger charge is 2.21. The van der Waals surface area contributed by atoms with E-state index in [0.29, 0.717) is 5.82 Å². The van der Waals surface area contributed by atoms with Gasteiger partial charge in [-0.1, -0.05) is 18.2 Å². The molecular formula is C11H12N4. The molecule has 1 N–H and O–H groups in total. The zero-order valence-corrected chi connectivity index (χ0v) is 8.35. The Morgan fingerprint density at radius 3 is 3.00 bits per heavy atom. The first-order valence-corrected chi connectivity index (χ1v) is 5.24. The molecule has 4 nitrogen and oxygen atoms in total. The molecule has 0 amide bonds. The lowest BCUT2D eigenvalue weighted by Gasteiger charge is -2.00. The smallest absolute Gasteiger partial charge is 0.177 e. The van der Waals surface area contributed by atoms with Crippen LogP contribution in [-0.2, 0) is 6.42 Å². The van der Waals surface area contributed by atoms with Gasteiger partial charge in [-0.05, 0) is 42.0 Å². The molecule has 0 bridgehead atoms. The Kier molecular flexibility index (Phi) is 1.98. The Morgan fingerprint density at radius 1 is 1.33 bits per heavy atom. The maximum atomic E-state index is 3.98. The average molecular weight is 200 g/mol. The van der Waals surface area contributed by atoms with E-state index in [1.54, 1.807) is 0 Å². The largest absolute Gasteiger partial charge is 0.204 e. The topological polar surface area (TPSA) is 54.5 Å². The summed E-state index contributed by atoms with van der Waals surface area (Å²) in [5, 5.41) is 14.0. The van der Waals surface area contributed by atoms with Crippen molar-refractivity contribution in [2.24, 2.45) is 5.92 Å². The zero-order chi connectivity index (χ0) is 10.1. The third-order valence-electron chi connectivity index (χ3n) is 2.75. The first-order valence-electron chi connectivity index (χ1n) is 5.24. The van der Waals surface area contributed by atoms with E-state index >= 15 is 0 Å². The second-order valence-electron chi connectivity index (χ2n) is 4.08. The summed E-state index contributed by atoms with van der Waals surface area (Å²) in [5.74, 6) is 1.58. The highest BCUT2D eigenvalue weighted by atomic mass is 15.5. The van der Waals surface area contributed by atoms with Crippen LogP contribution in [-0.4, -0.2) is 20.6 Å². The van der Waals surface area contributed by atoms with Crippen molar-refractivity contribution in [3.63, 3.8) is 0 Å². The number of nitrogens with zero attached hydrogens (tertiary/aromatic N) is 3. The summed E-state index contributed by atoms with van der Waals surface area (Å²) in [5.41, 5.74) is 2.42. The van der Waals surface area contributed by atoms with Gasteiger partial charge in [0.05, 0.1) is 0 Å². The number of rotatable bonds is 3. The first kappa shape index (κ1) is 8.59. The van der Waals surface area contributed by atoms with Gasteiger partial charge in [-0.2, -0.15) is 5.21 Å². The van der Waals surface area contributed by atoms with E-state index in [2.05, 4.69) is 38.8 Å². The van der Waals surface area contributed by atoms with E-state index in [-0.39, 0.29) is 0 Å². The summed E-state index contributed by atoms with van der Waals surface area (Å²) in [4.78, 5) is 0. The van der Waals surface area contributed by atoms with E-state index in [9.17, 15) is 0 Å². The maximum Gasteiger partial charge on any atom is 0.204 e. The zero-order valence-electron chi connectivity index (χ0n) is 8.35. The van der Waals surface area contributed by atoms with Gasteiger partial charge in [-0.25, -0.2) is 0 Å². The summed E-state index contributed by atoms with van der Waals surface area (Å²) in [6.07, 6.45) is 3.95. The Balaban J connectivity index is 1.88. The minimum atomic E-state index is 0.674. The van der Waals surface area contributed by atoms with Crippen LogP contribution in [0.2, 0.25) is 0 Å². The number of hydrogen-bond acceptors (Lipinski definition) is 3. The van der Waals surface area contributed by atoms with Crippen LogP contribution in [0.25, 0.3) is 11.4 Å². The molecule has 0 radical (unpaired) electrons. The van der Waals surface area contributed by atoms with Crippen LogP contribution in [0, 0.1) is 5.92 Å². The molecule has 1 aliphatic carbocycles. The molecule has 1 fully saturated rings. The Morgan fingerprint density at radius 2 is 2.27 bits per heavy atom. The minimum absolute atomic E-state index is 0.674. The van der Waals surface area contributed by atoms with Crippen LogP contribution in [0.1, 0.15) is 18.4 Å². The van der Waals surface area contributed by atoms with E-state index in [4.69, 9.17) is 0 Å². The molecule has 0 aliphatic heterocycles. The standard InChI is InChI=1S/C11H12N4/c1-2-9(6-8-4-5-8)7-10(3-1)11-12-14-15-13-11/h1-3,7-8H,4-6H2,(H,12,13,14,15). The lowest BCUT2D eigenvalue weighted by molar-refractivity contribution is 0.832. The molecule has 2 aromatic rings. The summed E-state index contributed by atoms with van der Waals surface area (Å²) in [6, 6.07) is 8.40. The lowest BCUT2D eigenvalue weighted by atomic mass is 10.1. The summed E-state index contributed by atoms with van der Waals surface area (Å²) in [7, 11) is 0. The van der Waals surface area contributed by atoms with E-state index in [0.717, 1.165) is 11.5 Å². The van der Waals surface area contributed by atoms with Gasteiger partial charge in [0.1, 0.15) is 0 Å². The average Bonchev–Trinajstić information content (AvgIpc) is 2.91. The number of aromatic amines is 1. The van der Waals surface area contributed by atoms with Gasteiger partial charge < -0.3 is 0 Å². The number of H-pyrrole nitrogens is 1. The van der Waals surface area contributed by atoms with Crippen LogP contribution in [0.5, 0.6) is 0 Å². The molecular weight excluding hydrogens is 188 g/mol. The van der Waals surface area contributed by atoms with Crippen LogP contribution in [0.3, 0.4) is 0 Å². The molecule has 0 atom stereocenters. The molecule has 76 valence electrons. The highest BCUT2D eigenvalue weighted by Crippen LogP contribution is 2.33. The molecule has 1 aliphatic rings. The van der Waals surface area contributed by atoms with Crippen molar-refractivity contribution < 1.29 is 0 Å². The number of tetrazole rings is 1. The van der Waals surface area contributed by atoms with Crippen molar-refractivity contribution in [2.45, 2.75) is 19.3 Å². The molecule has 1 saturated carbocycles. The third kappa shape index (κ3) is 1.88. The molecule has 0 unspecified atom stereocenters. The summed E-state index contributed by atoms with van der Waals surface area (Å²) < 4.78 is 0. The summed E-state index contributed by atoms with van der Waals surface area (Å²) in [6.45, 7) is 0. The molecule has 1 aromatic heterocycles. The molecule has 1 aromatic carbocycles. The quantitative estimate of drug-likeness (QED) is 0.822. The molecule has 15 heavy (non-hydrogen) atoms. The molecule has 0 saturated heterocycles. The van der Waals surface area contributed by atoms with Crippen LogP contribution < -0.4 is 0 Å². The van der Waals surface area contributed by atoms with Crippen molar-refractivity contribution in [2.75, 3.05) is 0 Å². The number of aromatic nitrogens is 4. The highest BCUT2D eigenvalue weighted by molar-refractivity contribution is 5.54. The first-order chi connectivity index (χ1) is 7.42. The Hall–Kier alpha value is -1.71. The monoisotopic (exact) mass is 200 g/mol.